The van der Waals surface area contributed by atoms with Crippen molar-refractivity contribution >= 4 is 5.97 Å². The molecule has 0 aromatic heterocycles. The molecule has 0 saturated heterocycles. The zero-order valence-electron chi connectivity index (χ0n) is 13.2. The lowest BCUT2D eigenvalue weighted by molar-refractivity contribution is -0.143. The third-order valence-electron chi connectivity index (χ3n) is 3.43. The van der Waals surface area contributed by atoms with Crippen LogP contribution in [0.15, 0.2) is 24.3 Å². The van der Waals surface area contributed by atoms with E-state index < -0.39 is 0 Å². The molecule has 2 nitrogen and oxygen atoms in total. The maximum Gasteiger partial charge on any atom is 0.306 e. The van der Waals surface area contributed by atoms with Gasteiger partial charge < -0.3 is 4.74 Å². The summed E-state index contributed by atoms with van der Waals surface area (Å²) in [4.78, 5) is 11.6. The summed E-state index contributed by atoms with van der Waals surface area (Å²) in [5.74, 6) is 0.696. The van der Waals surface area contributed by atoms with Gasteiger partial charge in [-0.2, -0.15) is 0 Å². The van der Waals surface area contributed by atoms with E-state index in [0.29, 0.717) is 13.0 Å². The number of hydrogen-bond donors (Lipinski definition) is 0. The van der Waals surface area contributed by atoms with Gasteiger partial charge in [0.05, 0.1) is 6.61 Å². The first kappa shape index (κ1) is 16.7. The van der Waals surface area contributed by atoms with Crippen molar-refractivity contribution in [2.24, 2.45) is 5.92 Å². The van der Waals surface area contributed by atoms with Crippen LogP contribution in [-0.4, -0.2) is 12.6 Å². The first-order chi connectivity index (χ1) is 9.58. The van der Waals surface area contributed by atoms with Gasteiger partial charge in [0, 0.05) is 6.42 Å². The maximum atomic E-state index is 11.6. The number of aryl methyl sites for hydroxylation is 2. The van der Waals surface area contributed by atoms with Gasteiger partial charge in [0.2, 0.25) is 0 Å². The van der Waals surface area contributed by atoms with E-state index in [-0.39, 0.29) is 5.97 Å². The average Bonchev–Trinajstić information content (AvgIpc) is 2.41. The van der Waals surface area contributed by atoms with Crippen LogP contribution in [0.4, 0.5) is 0 Å². The maximum absolute atomic E-state index is 11.6. The van der Waals surface area contributed by atoms with Crippen molar-refractivity contribution in [2.45, 2.75) is 59.3 Å². The lowest BCUT2D eigenvalue weighted by atomic mass is 10.1. The third-order valence-corrected chi connectivity index (χ3v) is 3.43. The first-order valence-corrected chi connectivity index (χ1v) is 7.79. The predicted molar refractivity (Wildman–Crippen MR) is 83.8 cm³/mol. The molecule has 0 radical (unpaired) electrons. The molecule has 1 aromatic rings. The Kier molecular flexibility index (Phi) is 8.01. The van der Waals surface area contributed by atoms with Crippen LogP contribution in [0.1, 0.15) is 57.1 Å². The highest BCUT2D eigenvalue weighted by molar-refractivity contribution is 5.69. The van der Waals surface area contributed by atoms with E-state index in [9.17, 15) is 4.79 Å². The lowest BCUT2D eigenvalue weighted by Crippen LogP contribution is -2.07. The molecule has 0 spiro atoms. The molecule has 1 rings (SSSR count). The number of hydrogen-bond acceptors (Lipinski definition) is 2. The van der Waals surface area contributed by atoms with Gasteiger partial charge in [0.15, 0.2) is 0 Å². The van der Waals surface area contributed by atoms with E-state index in [1.54, 1.807) is 0 Å². The highest BCUT2D eigenvalue weighted by Gasteiger charge is 2.03. The number of unbranched alkanes of at least 4 members (excludes halogenated alkanes) is 2. The normalized spacial score (nSPS) is 10.8. The minimum atomic E-state index is -0.0746. The molecule has 112 valence electrons. The quantitative estimate of drug-likeness (QED) is 0.483. The van der Waals surface area contributed by atoms with Crippen LogP contribution < -0.4 is 0 Å². The molecule has 0 atom stereocenters. The van der Waals surface area contributed by atoms with Gasteiger partial charge in [0.25, 0.3) is 0 Å². The number of benzene rings is 1. The summed E-state index contributed by atoms with van der Waals surface area (Å²) in [7, 11) is 0. The highest BCUT2D eigenvalue weighted by Crippen LogP contribution is 2.09. The molecule has 0 unspecified atom stereocenters. The van der Waals surface area contributed by atoms with E-state index in [1.807, 2.05) is 0 Å². The Morgan fingerprint density at radius 1 is 1.10 bits per heavy atom. The van der Waals surface area contributed by atoms with Gasteiger partial charge in [-0.3, -0.25) is 4.79 Å². The second-order valence-electron chi connectivity index (χ2n) is 5.95. The van der Waals surface area contributed by atoms with Crippen LogP contribution in [0, 0.1) is 12.8 Å². The second-order valence-corrected chi connectivity index (χ2v) is 5.95. The van der Waals surface area contributed by atoms with Crippen LogP contribution in [0.25, 0.3) is 0 Å². The minimum Gasteiger partial charge on any atom is -0.466 e. The summed E-state index contributed by atoms with van der Waals surface area (Å²) >= 11 is 0. The van der Waals surface area contributed by atoms with Crippen LogP contribution >= 0.6 is 0 Å². The Balaban J connectivity index is 2.04. The Hall–Kier alpha value is -1.31. The van der Waals surface area contributed by atoms with Crippen molar-refractivity contribution in [1.82, 2.24) is 0 Å². The van der Waals surface area contributed by atoms with E-state index in [4.69, 9.17) is 4.74 Å². The molecule has 20 heavy (non-hydrogen) atoms. The van der Waals surface area contributed by atoms with Gasteiger partial charge in [-0.1, -0.05) is 62.9 Å². The number of esters is 1. The molecule has 1 aromatic carbocycles. The second kappa shape index (κ2) is 9.57. The van der Waals surface area contributed by atoms with Crippen LogP contribution in [0.5, 0.6) is 0 Å². The Morgan fingerprint density at radius 2 is 1.80 bits per heavy atom. The molecule has 0 amide bonds. The number of carbonyl (C=O) groups is 1. The summed E-state index contributed by atoms with van der Waals surface area (Å²) in [5.41, 5.74) is 2.45. The molecule has 0 saturated carbocycles. The smallest absolute Gasteiger partial charge is 0.306 e. The van der Waals surface area contributed by atoms with Crippen molar-refractivity contribution in [2.75, 3.05) is 6.61 Å². The zero-order valence-corrected chi connectivity index (χ0v) is 13.2. The molecule has 0 N–H and O–H groups in total. The topological polar surface area (TPSA) is 26.3 Å². The monoisotopic (exact) mass is 276 g/mol. The highest BCUT2D eigenvalue weighted by atomic mass is 16.5. The van der Waals surface area contributed by atoms with Gasteiger partial charge in [-0.15, -0.1) is 0 Å². The third kappa shape index (κ3) is 7.98. The van der Waals surface area contributed by atoms with Gasteiger partial charge in [-0.05, 0) is 31.2 Å². The van der Waals surface area contributed by atoms with Crippen LogP contribution in [0.2, 0.25) is 0 Å². The fourth-order valence-corrected chi connectivity index (χ4v) is 2.09. The average molecular weight is 276 g/mol. The minimum absolute atomic E-state index is 0.0746. The van der Waals surface area contributed by atoms with Crippen LogP contribution in [0.3, 0.4) is 0 Å². The van der Waals surface area contributed by atoms with Gasteiger partial charge in [-0.25, -0.2) is 0 Å². The molecule has 0 heterocycles. The van der Waals surface area contributed by atoms with Crippen molar-refractivity contribution in [3.05, 3.63) is 35.4 Å². The molecule has 0 aliphatic rings. The summed E-state index contributed by atoms with van der Waals surface area (Å²) in [6.07, 6.45) is 5.90. The fraction of sp³-hybridized carbons (Fsp3) is 0.611. The van der Waals surface area contributed by atoms with E-state index in [0.717, 1.165) is 25.2 Å². The number of ether oxygens (including phenoxy) is 1. The lowest BCUT2D eigenvalue weighted by Gasteiger charge is -2.06. The Morgan fingerprint density at radius 3 is 2.45 bits per heavy atom. The van der Waals surface area contributed by atoms with Crippen LogP contribution in [-0.2, 0) is 16.0 Å². The molecular formula is C18H28O2. The summed E-state index contributed by atoms with van der Waals surface area (Å²) in [6.45, 7) is 7.12. The molecular weight excluding hydrogens is 248 g/mol. The number of rotatable bonds is 9. The van der Waals surface area contributed by atoms with Gasteiger partial charge in [0.1, 0.15) is 0 Å². The summed E-state index contributed by atoms with van der Waals surface area (Å²) < 4.78 is 5.26. The van der Waals surface area contributed by atoms with Crippen molar-refractivity contribution in [1.29, 1.82) is 0 Å². The summed E-state index contributed by atoms with van der Waals surface area (Å²) in [6, 6.07) is 8.31. The van der Waals surface area contributed by atoms with E-state index in [2.05, 4.69) is 45.0 Å². The Labute approximate surface area is 123 Å². The van der Waals surface area contributed by atoms with E-state index in [1.165, 1.54) is 24.0 Å². The number of carbonyl (C=O) groups excluding carboxylic acids is 1. The molecule has 0 aliphatic carbocycles. The van der Waals surface area contributed by atoms with Crippen molar-refractivity contribution in [3.8, 4) is 0 Å². The summed E-state index contributed by atoms with van der Waals surface area (Å²) in [5, 5.41) is 0. The molecule has 0 aliphatic heterocycles. The standard InChI is InChI=1S/C18H28O2/c1-15(2)7-5-4-6-14-20-18(19)13-12-17-10-8-16(3)9-11-17/h8-11,15H,4-7,12-14H2,1-3H3. The zero-order chi connectivity index (χ0) is 14.8. The van der Waals surface area contributed by atoms with Crippen molar-refractivity contribution < 1.29 is 9.53 Å². The van der Waals surface area contributed by atoms with Crippen molar-refractivity contribution in [3.63, 3.8) is 0 Å². The van der Waals surface area contributed by atoms with Gasteiger partial charge >= 0.3 is 5.97 Å². The molecule has 0 bridgehead atoms. The van der Waals surface area contributed by atoms with E-state index >= 15 is 0 Å². The molecule has 2 heteroatoms. The SMILES string of the molecule is Cc1ccc(CCC(=O)OCCCCCC(C)C)cc1. The largest absolute Gasteiger partial charge is 0.466 e. The molecule has 0 fully saturated rings. The Bertz CT molecular complexity index is 379. The fourth-order valence-electron chi connectivity index (χ4n) is 2.09. The predicted octanol–water partition coefficient (Wildman–Crippen LogP) is 4.69. The first-order valence-electron chi connectivity index (χ1n) is 7.79.